The molecule has 2 aromatic rings. The number of nitrogens with one attached hydrogen (secondary N) is 1. The minimum atomic E-state index is -0.354. The SMILES string of the molecule is Nc1c(C(=O)NC[C@H]2CCCO2)nnn1-c1ccc(Cl)cc1. The van der Waals surface area contributed by atoms with Crippen molar-refractivity contribution in [2.45, 2.75) is 18.9 Å². The predicted octanol–water partition coefficient (Wildman–Crippen LogP) is 1.41. The molecule has 0 radical (unpaired) electrons. The van der Waals surface area contributed by atoms with Gasteiger partial charge in [0.15, 0.2) is 11.5 Å². The molecule has 1 aromatic carbocycles. The molecule has 1 fully saturated rings. The largest absolute Gasteiger partial charge is 0.382 e. The van der Waals surface area contributed by atoms with E-state index < -0.39 is 0 Å². The average Bonchev–Trinajstić information content (AvgIpc) is 3.15. The third-order valence-corrected chi connectivity index (χ3v) is 3.76. The highest BCUT2D eigenvalue weighted by atomic mass is 35.5. The molecule has 22 heavy (non-hydrogen) atoms. The zero-order chi connectivity index (χ0) is 15.5. The Labute approximate surface area is 132 Å². The molecule has 116 valence electrons. The first-order valence-electron chi connectivity index (χ1n) is 7.02. The van der Waals surface area contributed by atoms with Gasteiger partial charge < -0.3 is 15.8 Å². The van der Waals surface area contributed by atoms with Gasteiger partial charge in [-0.2, -0.15) is 4.68 Å². The Kier molecular flexibility index (Phi) is 4.26. The van der Waals surface area contributed by atoms with Gasteiger partial charge in [0.05, 0.1) is 11.8 Å². The highest BCUT2D eigenvalue weighted by molar-refractivity contribution is 6.30. The second-order valence-corrected chi connectivity index (χ2v) is 5.49. The van der Waals surface area contributed by atoms with Gasteiger partial charge in [-0.15, -0.1) is 5.10 Å². The van der Waals surface area contributed by atoms with Crippen molar-refractivity contribution in [2.75, 3.05) is 18.9 Å². The number of anilines is 1. The van der Waals surface area contributed by atoms with E-state index in [0.717, 1.165) is 19.4 Å². The van der Waals surface area contributed by atoms with E-state index in [0.29, 0.717) is 17.3 Å². The third kappa shape index (κ3) is 3.05. The molecule has 3 N–H and O–H groups in total. The Morgan fingerprint density at radius 2 is 2.23 bits per heavy atom. The maximum absolute atomic E-state index is 12.1. The lowest BCUT2D eigenvalue weighted by Gasteiger charge is -2.09. The van der Waals surface area contributed by atoms with E-state index in [4.69, 9.17) is 22.1 Å². The summed E-state index contributed by atoms with van der Waals surface area (Å²) >= 11 is 5.85. The van der Waals surface area contributed by atoms with E-state index in [1.54, 1.807) is 24.3 Å². The molecule has 1 amide bonds. The molecule has 8 heteroatoms. The smallest absolute Gasteiger partial charge is 0.275 e. The maximum Gasteiger partial charge on any atom is 0.275 e. The Morgan fingerprint density at radius 3 is 2.91 bits per heavy atom. The molecule has 1 saturated heterocycles. The summed E-state index contributed by atoms with van der Waals surface area (Å²) in [6, 6.07) is 6.94. The summed E-state index contributed by atoms with van der Waals surface area (Å²) in [6.45, 7) is 1.20. The van der Waals surface area contributed by atoms with Crippen LogP contribution in [0.3, 0.4) is 0 Å². The Bertz CT molecular complexity index is 664. The summed E-state index contributed by atoms with van der Waals surface area (Å²) in [7, 11) is 0. The van der Waals surface area contributed by atoms with Gasteiger partial charge in [-0.3, -0.25) is 4.79 Å². The van der Waals surface area contributed by atoms with Crippen molar-refractivity contribution in [3.63, 3.8) is 0 Å². The summed E-state index contributed by atoms with van der Waals surface area (Å²) in [6.07, 6.45) is 2.04. The lowest BCUT2D eigenvalue weighted by Crippen LogP contribution is -2.32. The van der Waals surface area contributed by atoms with E-state index in [1.807, 2.05) is 0 Å². The normalized spacial score (nSPS) is 17.6. The summed E-state index contributed by atoms with van der Waals surface area (Å²) in [5.41, 5.74) is 6.76. The topological polar surface area (TPSA) is 95.1 Å². The number of ether oxygens (including phenoxy) is 1. The summed E-state index contributed by atoms with van der Waals surface area (Å²) in [5, 5.41) is 11.2. The number of carbonyl (C=O) groups is 1. The summed E-state index contributed by atoms with van der Waals surface area (Å²) in [4.78, 5) is 12.1. The van der Waals surface area contributed by atoms with Gasteiger partial charge >= 0.3 is 0 Å². The number of nitrogens with zero attached hydrogens (tertiary/aromatic N) is 3. The molecule has 2 heterocycles. The number of amides is 1. The van der Waals surface area contributed by atoms with E-state index >= 15 is 0 Å². The van der Waals surface area contributed by atoms with Crippen LogP contribution in [0.2, 0.25) is 5.02 Å². The number of nitrogens with two attached hydrogens (primary N) is 1. The number of nitrogen functional groups attached to an aromatic ring is 1. The van der Waals surface area contributed by atoms with Crippen molar-refractivity contribution in [1.82, 2.24) is 20.3 Å². The van der Waals surface area contributed by atoms with Crippen molar-refractivity contribution in [1.29, 1.82) is 0 Å². The second kappa shape index (κ2) is 6.33. The minimum Gasteiger partial charge on any atom is -0.382 e. The first-order chi connectivity index (χ1) is 10.6. The fourth-order valence-corrected chi connectivity index (χ4v) is 2.45. The highest BCUT2D eigenvalue weighted by Gasteiger charge is 2.21. The Morgan fingerprint density at radius 1 is 1.45 bits per heavy atom. The van der Waals surface area contributed by atoms with Crippen molar-refractivity contribution >= 4 is 23.3 Å². The third-order valence-electron chi connectivity index (χ3n) is 3.51. The maximum atomic E-state index is 12.1. The summed E-state index contributed by atoms with van der Waals surface area (Å²) < 4.78 is 6.86. The van der Waals surface area contributed by atoms with Gasteiger partial charge in [0, 0.05) is 18.2 Å². The number of hydrogen-bond acceptors (Lipinski definition) is 5. The van der Waals surface area contributed by atoms with Gasteiger partial charge in [-0.1, -0.05) is 16.8 Å². The van der Waals surface area contributed by atoms with Crippen molar-refractivity contribution < 1.29 is 9.53 Å². The molecule has 0 bridgehead atoms. The van der Waals surface area contributed by atoms with Crippen LogP contribution in [0.25, 0.3) is 5.69 Å². The number of rotatable bonds is 4. The van der Waals surface area contributed by atoms with Gasteiger partial charge in [0.1, 0.15) is 0 Å². The van der Waals surface area contributed by atoms with Gasteiger partial charge in [0.2, 0.25) is 0 Å². The molecule has 0 saturated carbocycles. The predicted molar refractivity (Wildman–Crippen MR) is 82.1 cm³/mol. The molecular weight excluding hydrogens is 306 g/mol. The number of benzene rings is 1. The van der Waals surface area contributed by atoms with Crippen LogP contribution < -0.4 is 11.1 Å². The van der Waals surface area contributed by atoms with Gasteiger partial charge in [-0.25, -0.2) is 0 Å². The van der Waals surface area contributed by atoms with Crippen molar-refractivity contribution in [2.24, 2.45) is 0 Å². The van der Waals surface area contributed by atoms with Crippen molar-refractivity contribution in [3.8, 4) is 5.69 Å². The summed E-state index contributed by atoms with van der Waals surface area (Å²) in [5.74, 6) is -0.166. The Balaban J connectivity index is 1.72. The molecule has 7 nitrogen and oxygen atoms in total. The molecule has 0 unspecified atom stereocenters. The van der Waals surface area contributed by atoms with Crippen LogP contribution >= 0.6 is 11.6 Å². The van der Waals surface area contributed by atoms with E-state index in [1.165, 1.54) is 4.68 Å². The molecule has 1 atom stereocenters. The van der Waals surface area contributed by atoms with Crippen molar-refractivity contribution in [3.05, 3.63) is 35.0 Å². The zero-order valence-corrected chi connectivity index (χ0v) is 12.6. The van der Waals surface area contributed by atoms with Crippen LogP contribution in [-0.2, 0) is 4.74 Å². The molecule has 1 aliphatic heterocycles. The minimum absolute atomic E-state index is 0.0662. The standard InChI is InChI=1S/C14H16ClN5O2/c15-9-3-5-10(6-4-9)20-13(16)12(18-19-20)14(21)17-8-11-2-1-7-22-11/h3-6,11H,1-2,7-8,16H2,(H,17,21)/t11-/m1/s1. The fraction of sp³-hybridized carbons (Fsp3) is 0.357. The fourth-order valence-electron chi connectivity index (χ4n) is 2.32. The number of hydrogen-bond donors (Lipinski definition) is 2. The van der Waals surface area contributed by atoms with Gasteiger partial charge in [0.25, 0.3) is 5.91 Å². The van der Waals surface area contributed by atoms with Crippen LogP contribution in [0.1, 0.15) is 23.3 Å². The van der Waals surface area contributed by atoms with E-state index in [-0.39, 0.29) is 23.5 Å². The van der Waals surface area contributed by atoms with Crippen LogP contribution in [0.5, 0.6) is 0 Å². The van der Waals surface area contributed by atoms with E-state index in [9.17, 15) is 4.79 Å². The molecule has 0 spiro atoms. The molecule has 3 rings (SSSR count). The zero-order valence-electron chi connectivity index (χ0n) is 11.8. The number of carbonyl (C=O) groups excluding carboxylic acids is 1. The monoisotopic (exact) mass is 321 g/mol. The number of halogens is 1. The first kappa shape index (κ1) is 14.8. The van der Waals surface area contributed by atoms with Crippen LogP contribution in [0, 0.1) is 0 Å². The first-order valence-corrected chi connectivity index (χ1v) is 7.40. The molecular formula is C14H16ClN5O2. The quantitative estimate of drug-likeness (QED) is 0.887. The van der Waals surface area contributed by atoms with Gasteiger partial charge in [-0.05, 0) is 37.1 Å². The Hall–Kier alpha value is -2.12. The van der Waals surface area contributed by atoms with E-state index in [2.05, 4.69) is 15.6 Å². The second-order valence-electron chi connectivity index (χ2n) is 5.06. The lowest BCUT2D eigenvalue weighted by molar-refractivity contribution is 0.0854. The average molecular weight is 322 g/mol. The molecule has 1 aliphatic rings. The van der Waals surface area contributed by atoms with Crippen LogP contribution in [0.15, 0.2) is 24.3 Å². The van der Waals surface area contributed by atoms with Crippen LogP contribution in [-0.4, -0.2) is 40.2 Å². The van der Waals surface area contributed by atoms with Crippen LogP contribution in [0.4, 0.5) is 5.82 Å². The lowest BCUT2D eigenvalue weighted by atomic mass is 10.2. The number of aromatic nitrogens is 3. The molecule has 0 aliphatic carbocycles. The highest BCUT2D eigenvalue weighted by Crippen LogP contribution is 2.17. The molecule has 1 aromatic heterocycles.